The fraction of sp³-hybridized carbons (Fsp3) is 0. The smallest absolute Gasteiger partial charge is 0.0651 e. The molecule has 0 atom stereocenters. The van der Waals surface area contributed by atoms with Gasteiger partial charge in [0, 0.05) is 65.8 Å². The van der Waals surface area contributed by atoms with Gasteiger partial charge >= 0.3 is 0 Å². The van der Waals surface area contributed by atoms with Crippen molar-refractivity contribution in [1.82, 2.24) is 18.3 Å². The highest BCUT2D eigenvalue weighted by Gasteiger charge is 2.17. The van der Waals surface area contributed by atoms with E-state index in [1.165, 1.54) is 9.13 Å². The zero-order valence-electron chi connectivity index (χ0n) is 78.4. The SMILES string of the molecule is [2H]c1c([2H])c(-c2c([2H])c([2H])c([2H])c(-n3c4c([2H])c([2H])c([2H])c([2H])c4c4c([2H])c([2H])c([2H])c([2H])c43)c2[2H])c([2H])c(-n2c3c([2H])c([2H])c([2H])c([2H])c3c3c([2H])c([2H])c([2H])c([2H])c32)c1[2H].[2H]c1c([2H])c([2H])c2c(c1[2H])c1c([2H])c([2H])c([2H])c([2H])c1n2-c1cccc(-c2cccc(-n3c4c([2H])c([2H])c([2H])c([2H])c4c4c([2H])c([2H])c([2H])c([2H])c43)c2)c1. The summed E-state index contributed by atoms with van der Waals surface area (Å²) in [5.41, 5.74) is -4.01. The van der Waals surface area contributed by atoms with E-state index in [0.29, 0.717) is 22.5 Å². The number of para-hydroxylation sites is 8. The highest BCUT2D eigenvalue weighted by atomic mass is 15.0. The Bertz CT molecular complexity index is 6590. The van der Waals surface area contributed by atoms with Gasteiger partial charge < -0.3 is 18.3 Å². The van der Waals surface area contributed by atoms with Gasteiger partial charge in [-0.3, -0.25) is 0 Å². The molecule has 0 spiro atoms. The third kappa shape index (κ3) is 7.00. The third-order valence-corrected chi connectivity index (χ3v) is 12.6. The molecule has 0 fully saturated rings. The first kappa shape index (κ1) is 19.3. The molecule has 0 bridgehead atoms. The van der Waals surface area contributed by atoms with E-state index in [9.17, 15) is 2.74 Å². The number of nitrogens with zero attached hydrogens (tertiary/aromatic N) is 4. The second-order valence-corrected chi connectivity index (χ2v) is 16.7. The van der Waals surface area contributed by atoms with Crippen LogP contribution in [0.15, 0.2) is 290 Å². The van der Waals surface area contributed by atoms with Gasteiger partial charge in [-0.25, -0.2) is 0 Å². The van der Waals surface area contributed by atoms with E-state index >= 15 is 0 Å². The molecule has 12 aromatic carbocycles. The van der Waals surface area contributed by atoms with Crippen LogP contribution in [0.4, 0.5) is 0 Å². The molecule has 0 aliphatic carbocycles. The van der Waals surface area contributed by atoms with E-state index in [4.69, 9.17) is 52.1 Å². The first-order valence-electron chi connectivity index (χ1n) is 42.8. The Morgan fingerprint density at radius 2 is 0.447 bits per heavy atom. The van der Waals surface area contributed by atoms with Gasteiger partial charge in [0.1, 0.15) is 0 Å². The van der Waals surface area contributed by atoms with E-state index in [-0.39, 0.29) is 43.6 Å². The minimum Gasteiger partial charge on any atom is -0.309 e. The standard InChI is InChI=1S/2C36H24N2/c2*1-5-19-33-29(15-1)30-16-2-6-20-34(30)37(33)27-13-9-11-25(23-27)26-12-10-14-28(24-26)38-35-21-7-3-17-31(35)32-18-4-8-22-36(32)38/h2*1-24H/i1D,2D,3D,4D,5D,6D,7D,8D,9D,10D,11D,12D,13D,14D,15D,16D,17D,18D,19D,20D,21D,22D,23D,24D;1D,2D,3D,4D,5D,6D,7D,8D,15D,16D,17D,18D,19D,20D,21D,22D. The van der Waals surface area contributed by atoms with Gasteiger partial charge in [0.2, 0.25) is 0 Å². The molecule has 356 valence electrons. The second kappa shape index (κ2) is 17.8. The highest BCUT2D eigenvalue weighted by Crippen LogP contribution is 2.38. The van der Waals surface area contributed by atoms with Crippen LogP contribution in [0.2, 0.25) is 0 Å². The third-order valence-electron chi connectivity index (χ3n) is 12.6. The van der Waals surface area contributed by atoms with E-state index in [2.05, 4.69) is 0 Å². The molecule has 4 aromatic heterocycles. The fourth-order valence-corrected chi connectivity index (χ4v) is 9.44. The summed E-state index contributed by atoms with van der Waals surface area (Å²) >= 11 is 0. The monoisotopic (exact) mass is 1010 g/mol. The zero-order chi connectivity index (χ0) is 84.9. The number of benzene rings is 12. The average molecular weight is 1010 g/mol. The predicted octanol–water partition coefficient (Wildman–Crippen LogP) is 19.1. The molecule has 0 amide bonds. The molecule has 76 heavy (non-hydrogen) atoms. The zero-order valence-corrected chi connectivity index (χ0v) is 38.4. The molecule has 4 heterocycles. The van der Waals surface area contributed by atoms with Crippen LogP contribution >= 0.6 is 0 Å². The molecule has 0 N–H and O–H groups in total. The summed E-state index contributed by atoms with van der Waals surface area (Å²) in [5, 5.41) is -2.03. The van der Waals surface area contributed by atoms with Crippen LogP contribution in [0.3, 0.4) is 0 Å². The lowest BCUT2D eigenvalue weighted by Gasteiger charge is -2.12. The lowest BCUT2D eigenvalue weighted by Crippen LogP contribution is -1.95. The van der Waals surface area contributed by atoms with Crippen LogP contribution in [0.5, 0.6) is 0 Å². The normalized spacial score (nSPS) is 19.1. The van der Waals surface area contributed by atoms with Gasteiger partial charge in [0.25, 0.3) is 0 Å². The molecule has 0 aliphatic heterocycles. The lowest BCUT2D eigenvalue weighted by atomic mass is 10.0. The van der Waals surface area contributed by atoms with Crippen molar-refractivity contribution >= 4 is 87.2 Å². The molecular formula is C72H48N4. The van der Waals surface area contributed by atoms with Crippen LogP contribution < -0.4 is 0 Å². The average Bonchev–Trinajstić information content (AvgIpc) is 0.894. The molecule has 16 rings (SSSR count). The van der Waals surface area contributed by atoms with E-state index in [1.807, 2.05) is 0 Å². The largest absolute Gasteiger partial charge is 0.309 e. The molecule has 0 aliphatic rings. The van der Waals surface area contributed by atoms with Crippen molar-refractivity contribution in [2.45, 2.75) is 0 Å². The number of aromatic nitrogens is 4. The summed E-state index contributed by atoms with van der Waals surface area (Å²) < 4.78 is 352. The minimum absolute atomic E-state index is 0.0394. The maximum Gasteiger partial charge on any atom is 0.0651 e. The van der Waals surface area contributed by atoms with Gasteiger partial charge in [-0.05, 0) is 119 Å². The summed E-state index contributed by atoms with van der Waals surface area (Å²) in [6, 6.07) is -15.5. The van der Waals surface area contributed by atoms with Crippen LogP contribution in [-0.2, 0) is 0 Å². The Morgan fingerprint density at radius 1 is 0.211 bits per heavy atom. The van der Waals surface area contributed by atoms with E-state index < -0.39 is 308 Å². The molecule has 16 aromatic rings. The number of hydrogen-bond acceptors (Lipinski definition) is 0. The van der Waals surface area contributed by atoms with Crippen LogP contribution in [0.25, 0.3) is 132 Å². The first-order chi connectivity index (χ1) is 54.4. The maximum atomic E-state index is 9.57. The molecule has 0 radical (unpaired) electrons. The summed E-state index contributed by atoms with van der Waals surface area (Å²) in [7, 11) is 0. The second-order valence-electron chi connectivity index (χ2n) is 16.7. The van der Waals surface area contributed by atoms with Crippen molar-refractivity contribution in [1.29, 1.82) is 0 Å². The van der Waals surface area contributed by atoms with Crippen molar-refractivity contribution < 1.29 is 54.8 Å². The van der Waals surface area contributed by atoms with Gasteiger partial charge in [0.15, 0.2) is 0 Å². The Morgan fingerprint density at radius 3 is 0.711 bits per heavy atom. The maximum absolute atomic E-state index is 9.57. The summed E-state index contributed by atoms with van der Waals surface area (Å²) in [5.74, 6) is 0. The van der Waals surface area contributed by atoms with Gasteiger partial charge in [-0.15, -0.1) is 0 Å². The number of fused-ring (bicyclic) bond motifs is 12. The summed E-state index contributed by atoms with van der Waals surface area (Å²) in [6.45, 7) is 0. The quantitative estimate of drug-likeness (QED) is 0.158. The minimum atomic E-state index is -1.02. The van der Waals surface area contributed by atoms with Gasteiger partial charge in [-0.1, -0.05) is 193 Å². The molecule has 0 saturated heterocycles. The predicted molar refractivity (Wildman–Crippen MR) is 321 cm³/mol. The van der Waals surface area contributed by atoms with E-state index in [0.717, 1.165) is 9.13 Å². The van der Waals surface area contributed by atoms with Crippen LogP contribution in [0.1, 0.15) is 54.8 Å². The van der Waals surface area contributed by atoms with Crippen LogP contribution in [-0.4, -0.2) is 18.3 Å². The van der Waals surface area contributed by atoms with E-state index in [1.54, 1.807) is 48.5 Å². The molecule has 0 unspecified atom stereocenters. The van der Waals surface area contributed by atoms with Gasteiger partial charge in [0.05, 0.1) is 99.0 Å². The van der Waals surface area contributed by atoms with Crippen molar-refractivity contribution in [2.75, 3.05) is 0 Å². The summed E-state index contributed by atoms with van der Waals surface area (Å²) in [4.78, 5) is 0. The Kier molecular flexibility index (Phi) is 4.51. The highest BCUT2D eigenvalue weighted by molar-refractivity contribution is 6.12. The Labute approximate surface area is 495 Å². The van der Waals surface area contributed by atoms with Crippen molar-refractivity contribution in [3.63, 3.8) is 0 Å². The van der Waals surface area contributed by atoms with Crippen molar-refractivity contribution in [3.05, 3.63) is 290 Å². The molecule has 4 heteroatoms. The molecule has 4 nitrogen and oxygen atoms in total. The van der Waals surface area contributed by atoms with Crippen LogP contribution in [0, 0.1) is 0 Å². The number of hydrogen-bond donors (Lipinski definition) is 0. The van der Waals surface area contributed by atoms with Crippen molar-refractivity contribution in [3.8, 4) is 45.0 Å². The topological polar surface area (TPSA) is 19.7 Å². The first-order valence-corrected chi connectivity index (χ1v) is 22.8. The molecular weight excluding hydrogens is 921 g/mol. The lowest BCUT2D eigenvalue weighted by molar-refractivity contribution is 1.17. The Balaban J connectivity index is 0.000000184. The molecule has 0 saturated carbocycles. The van der Waals surface area contributed by atoms with Gasteiger partial charge in [-0.2, -0.15) is 0 Å². The Hall–Kier alpha value is -10.2. The fourth-order valence-electron chi connectivity index (χ4n) is 9.44. The number of rotatable bonds is 6. The van der Waals surface area contributed by atoms with Crippen molar-refractivity contribution in [2.24, 2.45) is 0 Å². The summed E-state index contributed by atoms with van der Waals surface area (Å²) in [6.07, 6.45) is 0.